The molecule has 2 rings (SSSR count). The third-order valence-electron chi connectivity index (χ3n) is 1.83. The molecular formula is C9H8N3O2S2-. The number of hydrogen-bond donors (Lipinski definition) is 0. The average molecular weight is 254 g/mol. The summed E-state index contributed by atoms with van der Waals surface area (Å²) >= 11 is -0.579. The molecule has 0 N–H and O–H groups in total. The summed E-state index contributed by atoms with van der Waals surface area (Å²) in [5, 5.41) is 8.34. The van der Waals surface area contributed by atoms with Crippen LogP contribution in [0.3, 0.4) is 0 Å². The van der Waals surface area contributed by atoms with Crippen LogP contribution in [0.25, 0.3) is 10.2 Å². The second-order valence-electron chi connectivity index (χ2n) is 3.06. The summed E-state index contributed by atoms with van der Waals surface area (Å²) in [6.45, 7) is 1.94. The van der Waals surface area contributed by atoms with Crippen molar-refractivity contribution in [2.24, 2.45) is 10.2 Å². The Morgan fingerprint density at radius 2 is 2.38 bits per heavy atom. The van der Waals surface area contributed by atoms with Crippen LogP contribution in [-0.4, -0.2) is 19.6 Å². The van der Waals surface area contributed by atoms with E-state index in [-0.39, 0.29) is 5.88 Å². The molecule has 1 aromatic carbocycles. The van der Waals surface area contributed by atoms with Crippen molar-refractivity contribution in [3.8, 4) is 0 Å². The van der Waals surface area contributed by atoms with Crippen LogP contribution in [0.15, 0.2) is 28.4 Å². The number of rotatable bonds is 3. The van der Waals surface area contributed by atoms with E-state index in [0.29, 0.717) is 5.69 Å². The van der Waals surface area contributed by atoms with Crippen LogP contribution in [0.2, 0.25) is 0 Å². The fourth-order valence-electron chi connectivity index (χ4n) is 1.25. The first kappa shape index (κ1) is 11.3. The quantitative estimate of drug-likeness (QED) is 0.623. The molecule has 0 radical (unpaired) electrons. The highest BCUT2D eigenvalue weighted by Gasteiger charge is 2.00. The van der Waals surface area contributed by atoms with Gasteiger partial charge in [0.05, 0.1) is 20.9 Å². The van der Waals surface area contributed by atoms with Crippen LogP contribution in [0.1, 0.15) is 5.01 Å². The molecule has 0 fully saturated rings. The Morgan fingerprint density at radius 1 is 1.56 bits per heavy atom. The van der Waals surface area contributed by atoms with Crippen LogP contribution in [0.4, 0.5) is 5.69 Å². The number of nitrogens with zero attached hydrogens (tertiary/aromatic N) is 3. The molecule has 0 amide bonds. The van der Waals surface area contributed by atoms with Gasteiger partial charge in [-0.05, 0) is 36.2 Å². The summed E-state index contributed by atoms with van der Waals surface area (Å²) < 4.78 is 21.6. The summed E-state index contributed by atoms with van der Waals surface area (Å²) in [6, 6.07) is 5.48. The van der Waals surface area contributed by atoms with Crippen molar-refractivity contribution in [1.29, 1.82) is 0 Å². The van der Waals surface area contributed by atoms with Gasteiger partial charge in [0.25, 0.3) is 0 Å². The summed E-state index contributed by atoms with van der Waals surface area (Å²) in [6.07, 6.45) is 0. The lowest BCUT2D eigenvalue weighted by Gasteiger charge is -1.97. The molecule has 16 heavy (non-hydrogen) atoms. The highest BCUT2D eigenvalue weighted by molar-refractivity contribution is 7.79. The Hall–Kier alpha value is -1.18. The van der Waals surface area contributed by atoms with Gasteiger partial charge in [-0.15, -0.1) is 11.3 Å². The number of benzene rings is 1. The molecule has 1 unspecified atom stereocenters. The normalized spacial score (nSPS) is 13.6. The van der Waals surface area contributed by atoms with Gasteiger partial charge >= 0.3 is 0 Å². The van der Waals surface area contributed by atoms with Crippen LogP contribution in [-0.2, 0) is 11.1 Å². The third-order valence-corrected chi connectivity index (χ3v) is 3.11. The molecule has 0 aliphatic rings. The van der Waals surface area contributed by atoms with E-state index in [1.54, 1.807) is 23.5 Å². The smallest absolute Gasteiger partial charge is 0.122 e. The molecule has 0 aliphatic carbocycles. The van der Waals surface area contributed by atoms with Crippen molar-refractivity contribution in [1.82, 2.24) is 4.98 Å². The zero-order valence-electron chi connectivity index (χ0n) is 8.41. The molecule has 0 saturated heterocycles. The molecule has 1 heterocycles. The Bertz CT molecular complexity index is 565. The number of thiazole rings is 1. The predicted molar refractivity (Wildman–Crippen MR) is 62.7 cm³/mol. The first-order chi connectivity index (χ1) is 7.65. The van der Waals surface area contributed by atoms with Gasteiger partial charge in [0.15, 0.2) is 0 Å². The highest BCUT2D eigenvalue weighted by Crippen LogP contribution is 2.25. The van der Waals surface area contributed by atoms with E-state index >= 15 is 0 Å². The molecule has 84 valence electrons. The largest absolute Gasteiger partial charge is 0.771 e. The maximum absolute atomic E-state index is 10.2. The van der Waals surface area contributed by atoms with Crippen molar-refractivity contribution < 1.29 is 8.76 Å². The second kappa shape index (κ2) is 4.77. The molecule has 0 aliphatic heterocycles. The average Bonchev–Trinajstić information content (AvgIpc) is 2.56. The zero-order valence-corrected chi connectivity index (χ0v) is 10.0. The predicted octanol–water partition coefficient (Wildman–Crippen LogP) is 2.53. The number of aromatic nitrogens is 1. The molecule has 1 aromatic heterocycles. The van der Waals surface area contributed by atoms with E-state index in [9.17, 15) is 8.76 Å². The fraction of sp³-hybridized carbons (Fsp3) is 0.222. The Labute approximate surface area is 98.5 Å². The van der Waals surface area contributed by atoms with Gasteiger partial charge < -0.3 is 4.55 Å². The summed E-state index contributed by atoms with van der Waals surface area (Å²) in [7, 11) is 0. The maximum Gasteiger partial charge on any atom is 0.122 e. The van der Waals surface area contributed by atoms with Crippen LogP contribution < -0.4 is 0 Å². The molecule has 2 aromatic rings. The van der Waals surface area contributed by atoms with Gasteiger partial charge in [-0.1, -0.05) is 0 Å². The minimum atomic E-state index is -2.19. The first-order valence-electron chi connectivity index (χ1n) is 4.46. The SMILES string of the molecule is Cc1nc2cc(N=NCS(=O)[O-])ccc2s1. The van der Waals surface area contributed by atoms with E-state index in [0.717, 1.165) is 15.2 Å². The maximum atomic E-state index is 10.2. The minimum Gasteiger partial charge on any atom is -0.771 e. The lowest BCUT2D eigenvalue weighted by atomic mass is 10.3. The molecule has 0 bridgehead atoms. The first-order valence-corrected chi connectivity index (χ1v) is 6.52. The number of azo groups is 1. The molecule has 1 atom stereocenters. The summed E-state index contributed by atoms with van der Waals surface area (Å²) in [5.41, 5.74) is 1.48. The van der Waals surface area contributed by atoms with E-state index in [2.05, 4.69) is 15.2 Å². The number of hydrogen-bond acceptors (Lipinski definition) is 6. The topological polar surface area (TPSA) is 77.7 Å². The summed E-state index contributed by atoms with van der Waals surface area (Å²) in [5.74, 6) is -0.311. The zero-order chi connectivity index (χ0) is 11.5. The van der Waals surface area contributed by atoms with Gasteiger partial charge in [0, 0.05) is 0 Å². The second-order valence-corrected chi connectivity index (χ2v) is 5.16. The Morgan fingerprint density at radius 3 is 3.12 bits per heavy atom. The van der Waals surface area contributed by atoms with Gasteiger partial charge in [-0.2, -0.15) is 10.2 Å². The number of aryl methyl sites for hydroxylation is 1. The lowest BCUT2D eigenvalue weighted by molar-refractivity contribution is 0.536. The minimum absolute atomic E-state index is 0.311. The fourth-order valence-corrected chi connectivity index (χ4v) is 2.21. The van der Waals surface area contributed by atoms with Crippen molar-refractivity contribution in [2.75, 3.05) is 5.88 Å². The van der Waals surface area contributed by atoms with Gasteiger partial charge in [-0.25, -0.2) is 4.98 Å². The van der Waals surface area contributed by atoms with Gasteiger partial charge in [-0.3, -0.25) is 4.21 Å². The van der Waals surface area contributed by atoms with E-state index in [4.69, 9.17) is 0 Å². The van der Waals surface area contributed by atoms with Gasteiger partial charge in [0.2, 0.25) is 0 Å². The summed E-state index contributed by atoms with van der Waals surface area (Å²) in [4.78, 5) is 4.31. The van der Waals surface area contributed by atoms with E-state index < -0.39 is 11.1 Å². The Balaban J connectivity index is 2.25. The lowest BCUT2D eigenvalue weighted by Crippen LogP contribution is -1.88. The number of fused-ring (bicyclic) bond motifs is 1. The highest BCUT2D eigenvalue weighted by atomic mass is 32.2. The van der Waals surface area contributed by atoms with Crippen molar-refractivity contribution in [3.05, 3.63) is 23.2 Å². The van der Waals surface area contributed by atoms with Crippen LogP contribution in [0, 0.1) is 6.92 Å². The molecular weight excluding hydrogens is 246 g/mol. The van der Waals surface area contributed by atoms with E-state index in [1.165, 1.54) is 0 Å². The Kier molecular flexibility index (Phi) is 3.37. The van der Waals surface area contributed by atoms with Crippen molar-refractivity contribution in [3.63, 3.8) is 0 Å². The van der Waals surface area contributed by atoms with E-state index in [1.807, 2.05) is 13.0 Å². The van der Waals surface area contributed by atoms with Crippen LogP contribution in [0.5, 0.6) is 0 Å². The van der Waals surface area contributed by atoms with Crippen molar-refractivity contribution in [2.45, 2.75) is 6.92 Å². The molecule has 7 heteroatoms. The standard InChI is InChI=1S/C9H9N3O2S2/c1-6-11-8-4-7(2-3-9(8)15-6)12-10-5-16(13)14/h2-4H,5H2,1H3,(H,13,14)/p-1. The molecule has 0 saturated carbocycles. The van der Waals surface area contributed by atoms with Gasteiger partial charge in [0.1, 0.15) is 5.88 Å². The monoisotopic (exact) mass is 254 g/mol. The molecule has 5 nitrogen and oxygen atoms in total. The van der Waals surface area contributed by atoms with Crippen molar-refractivity contribution >= 4 is 38.3 Å². The molecule has 0 spiro atoms. The third kappa shape index (κ3) is 2.69. The van der Waals surface area contributed by atoms with Crippen LogP contribution >= 0.6 is 11.3 Å².